The molecule has 0 spiro atoms. The van der Waals surface area contributed by atoms with Gasteiger partial charge in [-0.3, -0.25) is 0 Å². The molecule has 0 aliphatic carbocycles. The van der Waals surface area contributed by atoms with Gasteiger partial charge < -0.3 is 5.11 Å². The van der Waals surface area contributed by atoms with Gasteiger partial charge in [-0.2, -0.15) is 0 Å². The Hall–Kier alpha value is -1.97. The Kier molecular flexibility index (Phi) is 1.89. The van der Waals surface area contributed by atoms with Crippen LogP contribution in [-0.2, 0) is 10.5 Å². The lowest BCUT2D eigenvalue weighted by atomic mass is 10.0. The molecule has 0 saturated heterocycles. The molecule has 0 aromatic heterocycles. The highest BCUT2D eigenvalue weighted by Crippen LogP contribution is 2.29. The maximum Gasteiger partial charge on any atom is 0.359 e. The van der Waals surface area contributed by atoms with E-state index in [1.165, 1.54) is 12.4 Å². The van der Waals surface area contributed by atoms with E-state index in [0.29, 0.717) is 5.56 Å². The fourth-order valence-electron chi connectivity index (χ4n) is 1.37. The molecule has 4 nitrogen and oxygen atoms in total. The number of aliphatic carboxylic acids is 1. The third-order valence-electron chi connectivity index (χ3n) is 2.06. The fraction of sp³-hybridized carbons (Fsp3) is 0.100. The van der Waals surface area contributed by atoms with Gasteiger partial charge in [0.1, 0.15) is 0 Å². The normalized spacial score (nSPS) is 17.1. The molecule has 0 saturated carbocycles. The third kappa shape index (κ3) is 1.12. The second-order valence-electron chi connectivity index (χ2n) is 2.90. The number of carboxylic acid groups (broad SMARTS) is 1. The smallest absolute Gasteiger partial charge is 0.359 e. The van der Waals surface area contributed by atoms with Crippen LogP contribution in [-0.4, -0.2) is 23.5 Å². The summed E-state index contributed by atoms with van der Waals surface area (Å²) in [5, 5.41) is 9.09. The van der Waals surface area contributed by atoms with Crippen molar-refractivity contribution < 1.29 is 9.90 Å². The maximum absolute atomic E-state index is 11.1. The van der Waals surface area contributed by atoms with Gasteiger partial charge in [0.05, 0.1) is 0 Å². The molecule has 1 aliphatic rings. The van der Waals surface area contributed by atoms with Crippen molar-refractivity contribution in [3.8, 4) is 0 Å². The van der Waals surface area contributed by atoms with Crippen molar-refractivity contribution in [2.24, 2.45) is 9.98 Å². The number of rotatable bonds is 2. The average molecular weight is 188 g/mol. The predicted octanol–water partition coefficient (Wildman–Crippen LogP) is 1.08. The Bertz CT molecular complexity index is 397. The number of carboxylic acids is 1. The number of carbonyl (C=O) groups is 1. The highest BCUT2D eigenvalue weighted by Gasteiger charge is 2.40. The van der Waals surface area contributed by atoms with Gasteiger partial charge in [-0.05, 0) is 0 Å². The molecule has 0 radical (unpaired) electrons. The summed E-state index contributed by atoms with van der Waals surface area (Å²) in [6.07, 6.45) is 2.81. The van der Waals surface area contributed by atoms with Crippen LogP contribution < -0.4 is 0 Å². The van der Waals surface area contributed by atoms with Crippen molar-refractivity contribution in [2.45, 2.75) is 5.66 Å². The van der Waals surface area contributed by atoms with Crippen LogP contribution >= 0.6 is 0 Å². The summed E-state index contributed by atoms with van der Waals surface area (Å²) in [7, 11) is 0. The highest BCUT2D eigenvalue weighted by molar-refractivity contribution is 6.19. The molecular formula is C10H8N2O2. The van der Waals surface area contributed by atoms with E-state index in [-0.39, 0.29) is 0 Å². The predicted molar refractivity (Wildman–Crippen MR) is 52.7 cm³/mol. The minimum atomic E-state index is -1.46. The summed E-state index contributed by atoms with van der Waals surface area (Å²) in [4.78, 5) is 18.9. The van der Waals surface area contributed by atoms with Crippen molar-refractivity contribution in [3.63, 3.8) is 0 Å². The minimum Gasteiger partial charge on any atom is -0.478 e. The van der Waals surface area contributed by atoms with Gasteiger partial charge in [-0.15, -0.1) is 0 Å². The summed E-state index contributed by atoms with van der Waals surface area (Å²) in [6.45, 7) is 0. The van der Waals surface area contributed by atoms with Crippen LogP contribution in [0.5, 0.6) is 0 Å². The van der Waals surface area contributed by atoms with Crippen molar-refractivity contribution in [1.82, 2.24) is 0 Å². The second kappa shape index (κ2) is 3.06. The van der Waals surface area contributed by atoms with Gasteiger partial charge in [0.2, 0.25) is 0 Å². The van der Waals surface area contributed by atoms with E-state index < -0.39 is 11.6 Å². The third-order valence-corrected chi connectivity index (χ3v) is 2.06. The molecule has 0 fully saturated rings. The summed E-state index contributed by atoms with van der Waals surface area (Å²) >= 11 is 0. The zero-order chi connectivity index (χ0) is 10.0. The van der Waals surface area contributed by atoms with E-state index in [1.807, 2.05) is 6.07 Å². The SMILES string of the molecule is O=C(O)C1(c2ccccc2)N=CC=N1. The summed E-state index contributed by atoms with van der Waals surface area (Å²) in [5.41, 5.74) is -0.890. The first-order chi connectivity index (χ1) is 6.76. The molecule has 0 amide bonds. The molecule has 0 unspecified atom stereocenters. The summed E-state index contributed by atoms with van der Waals surface area (Å²) < 4.78 is 0. The molecule has 4 heteroatoms. The Morgan fingerprint density at radius 1 is 1.14 bits per heavy atom. The largest absolute Gasteiger partial charge is 0.478 e. The van der Waals surface area contributed by atoms with E-state index in [2.05, 4.69) is 9.98 Å². The van der Waals surface area contributed by atoms with E-state index >= 15 is 0 Å². The number of aliphatic imine (C=N–C) groups is 2. The molecule has 14 heavy (non-hydrogen) atoms. The first-order valence-corrected chi connectivity index (χ1v) is 4.14. The Labute approximate surface area is 80.6 Å². The standard InChI is InChI=1S/C10H8N2O2/c13-9(14)10(11-6-7-12-10)8-4-2-1-3-5-8/h1-7H,(H,13,14). The molecule has 1 aromatic carbocycles. The monoisotopic (exact) mass is 188 g/mol. The number of nitrogens with zero attached hydrogens (tertiary/aromatic N) is 2. The van der Waals surface area contributed by atoms with Gasteiger partial charge in [-0.25, -0.2) is 14.8 Å². The van der Waals surface area contributed by atoms with Crippen LogP contribution in [0.3, 0.4) is 0 Å². The van der Waals surface area contributed by atoms with Crippen LogP contribution in [0, 0.1) is 0 Å². The molecule has 70 valence electrons. The Morgan fingerprint density at radius 2 is 1.71 bits per heavy atom. The quantitative estimate of drug-likeness (QED) is 0.754. The molecule has 0 atom stereocenters. The van der Waals surface area contributed by atoms with E-state index in [0.717, 1.165) is 0 Å². The summed E-state index contributed by atoms with van der Waals surface area (Å²) in [5.74, 6) is -1.06. The van der Waals surface area contributed by atoms with E-state index in [4.69, 9.17) is 5.11 Å². The molecule has 2 rings (SSSR count). The van der Waals surface area contributed by atoms with Gasteiger partial charge in [-0.1, -0.05) is 30.3 Å². The van der Waals surface area contributed by atoms with Crippen LogP contribution in [0.1, 0.15) is 5.56 Å². The van der Waals surface area contributed by atoms with Crippen molar-refractivity contribution in [2.75, 3.05) is 0 Å². The lowest BCUT2D eigenvalue weighted by Crippen LogP contribution is -2.29. The number of hydrogen-bond acceptors (Lipinski definition) is 3. The molecule has 1 aliphatic heterocycles. The van der Waals surface area contributed by atoms with E-state index in [9.17, 15) is 4.79 Å². The fourth-order valence-corrected chi connectivity index (χ4v) is 1.37. The average Bonchev–Trinajstić information content (AvgIpc) is 2.69. The van der Waals surface area contributed by atoms with Crippen molar-refractivity contribution >= 4 is 18.4 Å². The molecule has 1 aromatic rings. The van der Waals surface area contributed by atoms with Crippen LogP contribution in [0.15, 0.2) is 40.3 Å². The van der Waals surface area contributed by atoms with Gasteiger partial charge in [0, 0.05) is 18.0 Å². The topological polar surface area (TPSA) is 62.0 Å². The van der Waals surface area contributed by atoms with Crippen molar-refractivity contribution in [1.29, 1.82) is 0 Å². The maximum atomic E-state index is 11.1. The lowest BCUT2D eigenvalue weighted by molar-refractivity contribution is -0.143. The zero-order valence-electron chi connectivity index (χ0n) is 7.29. The molecule has 0 bridgehead atoms. The van der Waals surface area contributed by atoms with Crippen LogP contribution in [0.25, 0.3) is 0 Å². The van der Waals surface area contributed by atoms with Crippen molar-refractivity contribution in [3.05, 3.63) is 35.9 Å². The Balaban J connectivity index is 2.54. The summed E-state index contributed by atoms with van der Waals surface area (Å²) in [6, 6.07) is 8.76. The number of hydrogen-bond donors (Lipinski definition) is 1. The van der Waals surface area contributed by atoms with Crippen LogP contribution in [0.4, 0.5) is 0 Å². The first kappa shape index (κ1) is 8.62. The lowest BCUT2D eigenvalue weighted by Gasteiger charge is -2.17. The molecule has 1 N–H and O–H groups in total. The second-order valence-corrected chi connectivity index (χ2v) is 2.90. The Morgan fingerprint density at radius 3 is 2.21 bits per heavy atom. The highest BCUT2D eigenvalue weighted by atomic mass is 16.4. The number of benzene rings is 1. The minimum absolute atomic E-state index is 0.567. The van der Waals surface area contributed by atoms with E-state index in [1.54, 1.807) is 24.3 Å². The van der Waals surface area contributed by atoms with Gasteiger partial charge in [0.25, 0.3) is 5.66 Å². The van der Waals surface area contributed by atoms with Gasteiger partial charge >= 0.3 is 5.97 Å². The zero-order valence-corrected chi connectivity index (χ0v) is 7.29. The van der Waals surface area contributed by atoms with Crippen LogP contribution in [0.2, 0.25) is 0 Å². The van der Waals surface area contributed by atoms with Gasteiger partial charge in [0.15, 0.2) is 0 Å². The molecular weight excluding hydrogens is 180 g/mol. The molecule has 1 heterocycles. The first-order valence-electron chi connectivity index (χ1n) is 4.14.